The fourth-order valence-corrected chi connectivity index (χ4v) is 10.4. The predicted octanol–water partition coefficient (Wildman–Crippen LogP) is 5.44. The van der Waals surface area contributed by atoms with Gasteiger partial charge >= 0.3 is 0 Å². The van der Waals surface area contributed by atoms with E-state index in [2.05, 4.69) is 109 Å². The highest BCUT2D eigenvalue weighted by atomic mass is 28.4. The van der Waals surface area contributed by atoms with Gasteiger partial charge in [-0.25, -0.2) is 9.97 Å². The van der Waals surface area contributed by atoms with Crippen molar-refractivity contribution in [1.82, 2.24) is 14.4 Å². The molecule has 6 nitrogen and oxygen atoms in total. The van der Waals surface area contributed by atoms with Gasteiger partial charge in [0.2, 0.25) is 0 Å². The summed E-state index contributed by atoms with van der Waals surface area (Å²) < 4.78 is 9.48. The van der Waals surface area contributed by atoms with E-state index in [-0.39, 0.29) is 5.04 Å². The number of rotatable bonds is 8. The molecular formula is C33H37N5OSi. The first-order chi connectivity index (χ1) is 19.3. The zero-order chi connectivity index (χ0) is 27.9. The molecule has 0 bridgehead atoms. The molecule has 0 radical (unpaired) electrons. The topological polar surface area (TPSA) is 91.5 Å². The molecule has 7 heteroatoms. The van der Waals surface area contributed by atoms with Crippen LogP contribution in [0.4, 0.5) is 11.5 Å². The zero-order valence-electron chi connectivity index (χ0n) is 23.5. The molecule has 40 heavy (non-hydrogen) atoms. The Labute approximate surface area is 237 Å². The van der Waals surface area contributed by atoms with E-state index < -0.39 is 8.32 Å². The first-order valence-corrected chi connectivity index (χ1v) is 15.9. The second-order valence-electron chi connectivity index (χ2n) is 11.9. The molecule has 0 saturated heterocycles. The first kappa shape index (κ1) is 26.3. The molecule has 1 aliphatic carbocycles. The van der Waals surface area contributed by atoms with E-state index in [0.29, 0.717) is 30.5 Å². The van der Waals surface area contributed by atoms with E-state index in [0.717, 1.165) is 22.5 Å². The number of hydrogen-bond acceptors (Lipinski definition) is 5. The summed E-state index contributed by atoms with van der Waals surface area (Å²) in [6.07, 6.45) is 8.95. The molecule has 1 saturated carbocycles. The molecule has 0 aliphatic heterocycles. The van der Waals surface area contributed by atoms with E-state index in [1.807, 2.05) is 0 Å². The van der Waals surface area contributed by atoms with Crippen molar-refractivity contribution in [1.29, 1.82) is 0 Å². The molecule has 0 unspecified atom stereocenters. The molecule has 3 aromatic heterocycles. The van der Waals surface area contributed by atoms with Crippen molar-refractivity contribution in [2.75, 3.05) is 11.5 Å². The van der Waals surface area contributed by atoms with Crippen LogP contribution in [0.1, 0.15) is 61.9 Å². The predicted molar refractivity (Wildman–Crippen MR) is 165 cm³/mol. The molecule has 2 aromatic carbocycles. The van der Waals surface area contributed by atoms with Crippen molar-refractivity contribution in [3.05, 3.63) is 114 Å². The summed E-state index contributed by atoms with van der Waals surface area (Å²) in [6, 6.07) is 25.7. The number of hydrogen-bond donors (Lipinski definition) is 2. The van der Waals surface area contributed by atoms with Crippen LogP contribution < -0.4 is 21.8 Å². The summed E-state index contributed by atoms with van der Waals surface area (Å²) in [6.45, 7) is 7.41. The number of nitrogens with two attached hydrogens (primary N) is 2. The normalized spacial score (nSPS) is 14.1. The van der Waals surface area contributed by atoms with Gasteiger partial charge in [0.05, 0.1) is 12.3 Å². The largest absolute Gasteiger partial charge is 0.403 e. The second-order valence-corrected chi connectivity index (χ2v) is 16.2. The van der Waals surface area contributed by atoms with Crippen molar-refractivity contribution >= 4 is 35.8 Å². The van der Waals surface area contributed by atoms with Crippen molar-refractivity contribution in [3.8, 4) is 0 Å². The van der Waals surface area contributed by atoms with Gasteiger partial charge in [0.15, 0.2) is 0 Å². The number of aromatic nitrogens is 3. The molecule has 0 spiro atoms. The number of benzene rings is 2. The van der Waals surface area contributed by atoms with Crippen LogP contribution in [0.5, 0.6) is 0 Å². The molecule has 1 fully saturated rings. The Morgan fingerprint density at radius 2 is 1.57 bits per heavy atom. The molecule has 6 rings (SSSR count). The average Bonchev–Trinajstić information content (AvgIpc) is 3.71. The second kappa shape index (κ2) is 10.2. The summed E-state index contributed by atoms with van der Waals surface area (Å²) in [5.41, 5.74) is 18.1. The zero-order valence-corrected chi connectivity index (χ0v) is 24.5. The Hall–Kier alpha value is -3.94. The fraction of sp³-hybridized carbons (Fsp3) is 0.273. The molecule has 0 amide bonds. The summed E-state index contributed by atoms with van der Waals surface area (Å²) >= 11 is 0. The van der Waals surface area contributed by atoms with Crippen LogP contribution in [0.15, 0.2) is 91.4 Å². The minimum atomic E-state index is -2.70. The fourth-order valence-electron chi connectivity index (χ4n) is 5.92. The summed E-state index contributed by atoms with van der Waals surface area (Å²) in [7, 11) is -2.70. The monoisotopic (exact) mass is 547 g/mol. The molecular weight excluding hydrogens is 510 g/mol. The number of anilines is 2. The molecule has 1 aliphatic rings. The maximum atomic E-state index is 7.32. The smallest absolute Gasteiger partial charge is 0.261 e. The minimum Gasteiger partial charge on any atom is -0.403 e. The van der Waals surface area contributed by atoms with E-state index in [9.17, 15) is 0 Å². The first-order valence-electron chi connectivity index (χ1n) is 14.0. The third-order valence-electron chi connectivity index (χ3n) is 8.09. The molecule has 204 valence electrons. The van der Waals surface area contributed by atoms with Gasteiger partial charge in [-0.2, -0.15) is 0 Å². The average molecular weight is 548 g/mol. The van der Waals surface area contributed by atoms with E-state index in [1.165, 1.54) is 28.8 Å². The van der Waals surface area contributed by atoms with Gasteiger partial charge < -0.3 is 20.3 Å². The van der Waals surface area contributed by atoms with Crippen LogP contribution in [-0.2, 0) is 17.5 Å². The maximum Gasteiger partial charge on any atom is 0.261 e. The highest BCUT2D eigenvalue weighted by molar-refractivity contribution is 6.99. The number of nitrogens with zero attached hydrogens (tertiary/aromatic N) is 3. The number of pyridine rings is 2. The Morgan fingerprint density at radius 1 is 0.925 bits per heavy atom. The van der Waals surface area contributed by atoms with Crippen LogP contribution in [-0.4, -0.2) is 22.7 Å². The number of fused-ring (bicyclic) bond motifs is 1. The highest BCUT2D eigenvalue weighted by Gasteiger charge is 2.50. The van der Waals surface area contributed by atoms with E-state index in [4.69, 9.17) is 20.9 Å². The Kier molecular flexibility index (Phi) is 6.72. The molecule has 4 N–H and O–H groups in total. The van der Waals surface area contributed by atoms with Gasteiger partial charge in [-0.3, -0.25) is 0 Å². The van der Waals surface area contributed by atoms with Crippen LogP contribution in [0.3, 0.4) is 0 Å². The molecule has 0 atom stereocenters. The Morgan fingerprint density at radius 3 is 2.15 bits per heavy atom. The van der Waals surface area contributed by atoms with Crippen LogP contribution in [0.2, 0.25) is 5.04 Å². The lowest BCUT2D eigenvalue weighted by Gasteiger charge is -2.43. The number of nitrogen functional groups attached to an aromatic ring is 2. The standard InChI is InChI=1S/C33H37N5OSi/c1-33(2,3)40(27-10-6-4-7-11-27,28-12-8-5-9-13-28)39-22-25-18-24(23-14-15-23)20-38-21-26(37-32(25)38)19-29-30(34)16-17-36-31(29)35/h4-13,16-18,20-21,23H,14-15,19,22H2,1-3H3,(H4,34,35,36). The van der Waals surface area contributed by atoms with Crippen LogP contribution in [0.25, 0.3) is 5.65 Å². The van der Waals surface area contributed by atoms with Crippen molar-refractivity contribution in [2.24, 2.45) is 0 Å². The number of imidazole rings is 1. The maximum absolute atomic E-state index is 7.32. The lowest BCUT2D eigenvalue weighted by Crippen LogP contribution is -2.66. The lowest BCUT2D eigenvalue weighted by atomic mass is 10.1. The van der Waals surface area contributed by atoms with Crippen molar-refractivity contribution in [3.63, 3.8) is 0 Å². The lowest BCUT2D eigenvalue weighted by molar-refractivity contribution is 0.287. The Balaban J connectivity index is 1.44. The molecule has 3 heterocycles. The summed E-state index contributed by atoms with van der Waals surface area (Å²) in [5, 5.41) is 2.44. The van der Waals surface area contributed by atoms with Gasteiger partial charge in [-0.05, 0) is 51.9 Å². The van der Waals surface area contributed by atoms with Crippen molar-refractivity contribution in [2.45, 2.75) is 57.6 Å². The SMILES string of the molecule is CC(C)(C)[Si](OCc1cc(C2CC2)cn2cc(Cc3c(N)ccnc3N)nc12)(c1ccccc1)c1ccccc1. The summed E-state index contributed by atoms with van der Waals surface area (Å²) in [4.78, 5) is 9.32. The van der Waals surface area contributed by atoms with Gasteiger partial charge in [0.1, 0.15) is 11.5 Å². The van der Waals surface area contributed by atoms with Gasteiger partial charge in [0, 0.05) is 41.8 Å². The van der Waals surface area contributed by atoms with E-state index in [1.54, 1.807) is 12.3 Å². The van der Waals surface area contributed by atoms with Gasteiger partial charge in [-0.15, -0.1) is 0 Å². The minimum absolute atomic E-state index is 0.101. The van der Waals surface area contributed by atoms with Crippen molar-refractivity contribution < 1.29 is 4.43 Å². The van der Waals surface area contributed by atoms with Crippen LogP contribution in [0, 0.1) is 0 Å². The van der Waals surface area contributed by atoms with Gasteiger partial charge in [0.25, 0.3) is 8.32 Å². The highest BCUT2D eigenvalue weighted by Crippen LogP contribution is 2.41. The Bertz CT molecular complexity index is 1580. The third-order valence-corrected chi connectivity index (χ3v) is 13.1. The van der Waals surface area contributed by atoms with E-state index >= 15 is 0 Å². The summed E-state index contributed by atoms with van der Waals surface area (Å²) in [5.74, 6) is 1.05. The quantitative estimate of drug-likeness (QED) is 0.253. The van der Waals surface area contributed by atoms with Gasteiger partial charge in [-0.1, -0.05) is 81.4 Å². The third kappa shape index (κ3) is 4.80. The molecule has 5 aromatic rings. The van der Waals surface area contributed by atoms with Crippen LogP contribution >= 0.6 is 0 Å².